The summed E-state index contributed by atoms with van der Waals surface area (Å²) in [5.74, 6) is -0.921. The van der Waals surface area contributed by atoms with Gasteiger partial charge in [0.25, 0.3) is 5.69 Å². The van der Waals surface area contributed by atoms with Gasteiger partial charge in [0.2, 0.25) is 0 Å². The predicted octanol–water partition coefficient (Wildman–Crippen LogP) is 0.726. The third-order valence-electron chi connectivity index (χ3n) is 1.63. The molecule has 1 heterocycles. The van der Waals surface area contributed by atoms with Crippen LogP contribution in [0.3, 0.4) is 0 Å². The second-order valence-corrected chi connectivity index (χ2v) is 2.84. The summed E-state index contributed by atoms with van der Waals surface area (Å²) in [6, 6.07) is 2.59. The molecule has 86 valence electrons. The van der Waals surface area contributed by atoms with E-state index in [0.29, 0.717) is 0 Å². The van der Waals surface area contributed by atoms with Gasteiger partial charge in [0, 0.05) is 6.07 Å². The van der Waals surface area contributed by atoms with Crippen molar-refractivity contribution >= 4 is 17.5 Å². The van der Waals surface area contributed by atoms with E-state index in [-0.39, 0.29) is 17.2 Å². The van der Waals surface area contributed by atoms with Crippen molar-refractivity contribution in [2.75, 3.05) is 12.1 Å². The molecule has 1 rings (SSSR count). The summed E-state index contributed by atoms with van der Waals surface area (Å²) < 4.78 is 0. The number of carboxylic acid groups (broad SMARTS) is 1. The highest BCUT2D eigenvalue weighted by atomic mass is 16.7. The molecule has 8 heteroatoms. The number of rotatable bonds is 5. The van der Waals surface area contributed by atoms with Crippen molar-refractivity contribution in [1.29, 1.82) is 0 Å². The van der Waals surface area contributed by atoms with Gasteiger partial charge in [0.1, 0.15) is 11.5 Å². The molecule has 0 unspecified atom stereocenters. The summed E-state index contributed by atoms with van der Waals surface area (Å²) in [5.41, 5.74) is 2.38. The lowest BCUT2D eigenvalue weighted by molar-refractivity contribution is -0.385. The Hall–Kier alpha value is -2.22. The van der Waals surface area contributed by atoms with Crippen LogP contribution in [0.5, 0.6) is 0 Å². The summed E-state index contributed by atoms with van der Waals surface area (Å²) >= 11 is 0. The van der Waals surface area contributed by atoms with Crippen LogP contribution < -0.4 is 5.48 Å². The van der Waals surface area contributed by atoms with E-state index in [1.807, 2.05) is 0 Å². The fourth-order valence-electron chi connectivity index (χ4n) is 0.975. The van der Waals surface area contributed by atoms with Crippen molar-refractivity contribution in [2.24, 2.45) is 0 Å². The zero-order valence-corrected chi connectivity index (χ0v) is 8.34. The summed E-state index contributed by atoms with van der Waals surface area (Å²) in [6.07, 6.45) is 0. The molecule has 0 aliphatic carbocycles. The fourth-order valence-corrected chi connectivity index (χ4v) is 0.975. The molecule has 0 aliphatic rings. The van der Waals surface area contributed by atoms with Gasteiger partial charge in [-0.2, -0.15) is 0 Å². The second kappa shape index (κ2) is 5.03. The molecular formula is C8H9N3O5. The number of anilines is 1. The summed E-state index contributed by atoms with van der Waals surface area (Å²) in [4.78, 5) is 28.4. The Morgan fingerprint density at radius 1 is 1.69 bits per heavy atom. The number of hydrogen-bond acceptors (Lipinski definition) is 6. The van der Waals surface area contributed by atoms with E-state index in [1.165, 1.54) is 19.1 Å². The standard InChI is InChI=1S/C8H9N3O5/c1-5-6(11(14)15)2-3-7(9-5)10-16-4-8(12)13/h2-3H,4H2,1H3,(H,9,10)(H,12,13). The Morgan fingerprint density at radius 2 is 2.38 bits per heavy atom. The number of hydrogen-bond donors (Lipinski definition) is 2. The predicted molar refractivity (Wildman–Crippen MR) is 52.8 cm³/mol. The number of carbonyl (C=O) groups is 1. The molecule has 1 aromatic rings. The van der Waals surface area contributed by atoms with Crippen LogP contribution in [-0.2, 0) is 9.63 Å². The molecule has 0 spiro atoms. The first-order valence-corrected chi connectivity index (χ1v) is 4.22. The first-order valence-electron chi connectivity index (χ1n) is 4.22. The molecule has 0 aliphatic heterocycles. The SMILES string of the molecule is Cc1nc(NOCC(=O)O)ccc1[N+](=O)[O-]. The topological polar surface area (TPSA) is 115 Å². The number of nitro groups is 1. The van der Waals surface area contributed by atoms with Gasteiger partial charge in [0.15, 0.2) is 6.61 Å². The van der Waals surface area contributed by atoms with Gasteiger partial charge in [-0.05, 0) is 13.0 Å². The van der Waals surface area contributed by atoms with Gasteiger partial charge >= 0.3 is 5.97 Å². The first kappa shape index (κ1) is 11.9. The van der Waals surface area contributed by atoms with Gasteiger partial charge < -0.3 is 5.11 Å². The van der Waals surface area contributed by atoms with E-state index in [2.05, 4.69) is 15.3 Å². The number of pyridine rings is 1. The molecule has 0 saturated heterocycles. The minimum atomic E-state index is -1.13. The third-order valence-corrected chi connectivity index (χ3v) is 1.63. The number of aryl methyl sites for hydroxylation is 1. The minimum absolute atomic E-state index is 0.108. The molecule has 0 bridgehead atoms. The van der Waals surface area contributed by atoms with Crippen molar-refractivity contribution in [3.8, 4) is 0 Å². The van der Waals surface area contributed by atoms with Gasteiger partial charge in [-0.15, -0.1) is 0 Å². The highest BCUT2D eigenvalue weighted by Gasteiger charge is 2.11. The normalized spacial score (nSPS) is 9.81. The summed E-state index contributed by atoms with van der Waals surface area (Å²) in [7, 11) is 0. The number of nitrogens with one attached hydrogen (secondary N) is 1. The molecule has 2 N–H and O–H groups in total. The summed E-state index contributed by atoms with van der Waals surface area (Å²) in [5, 5.41) is 18.8. The van der Waals surface area contributed by atoms with Crippen LogP contribution >= 0.6 is 0 Å². The zero-order chi connectivity index (χ0) is 12.1. The Balaban J connectivity index is 2.66. The highest BCUT2D eigenvalue weighted by molar-refractivity contribution is 5.68. The van der Waals surface area contributed by atoms with E-state index in [0.717, 1.165) is 0 Å². The van der Waals surface area contributed by atoms with Crippen LogP contribution in [0, 0.1) is 17.0 Å². The lowest BCUT2D eigenvalue weighted by Gasteiger charge is -2.04. The molecule has 0 amide bonds. The molecule has 0 fully saturated rings. The lowest BCUT2D eigenvalue weighted by atomic mass is 10.3. The molecule has 0 radical (unpaired) electrons. The second-order valence-electron chi connectivity index (χ2n) is 2.84. The fraction of sp³-hybridized carbons (Fsp3) is 0.250. The smallest absolute Gasteiger partial charge is 0.332 e. The molecule has 0 aromatic carbocycles. The average molecular weight is 227 g/mol. The first-order chi connectivity index (χ1) is 7.50. The lowest BCUT2D eigenvalue weighted by Crippen LogP contribution is -2.12. The van der Waals surface area contributed by atoms with Gasteiger partial charge in [0.05, 0.1) is 4.92 Å². The molecule has 1 aromatic heterocycles. The minimum Gasteiger partial charge on any atom is -0.479 e. The Kier molecular flexibility index (Phi) is 3.72. The number of aliphatic carboxylic acids is 1. The third kappa shape index (κ3) is 3.17. The van der Waals surface area contributed by atoms with Crippen LogP contribution in [0.1, 0.15) is 5.69 Å². The zero-order valence-electron chi connectivity index (χ0n) is 8.34. The molecule has 0 saturated carbocycles. The van der Waals surface area contributed by atoms with Gasteiger partial charge in [-0.25, -0.2) is 15.3 Å². The monoisotopic (exact) mass is 227 g/mol. The van der Waals surface area contributed by atoms with E-state index < -0.39 is 17.5 Å². The average Bonchev–Trinajstić information content (AvgIpc) is 2.16. The number of aromatic nitrogens is 1. The van der Waals surface area contributed by atoms with Crippen molar-refractivity contribution < 1.29 is 19.7 Å². The highest BCUT2D eigenvalue weighted by Crippen LogP contribution is 2.17. The van der Waals surface area contributed by atoms with E-state index >= 15 is 0 Å². The molecule has 16 heavy (non-hydrogen) atoms. The molecule has 8 nitrogen and oxygen atoms in total. The van der Waals surface area contributed by atoms with Gasteiger partial charge in [-0.1, -0.05) is 0 Å². The van der Waals surface area contributed by atoms with Crippen molar-refractivity contribution in [3.63, 3.8) is 0 Å². The van der Waals surface area contributed by atoms with E-state index in [1.54, 1.807) is 0 Å². The Labute approximate surface area is 90.0 Å². The maximum Gasteiger partial charge on any atom is 0.332 e. The molecule has 0 atom stereocenters. The van der Waals surface area contributed by atoms with Crippen molar-refractivity contribution in [1.82, 2.24) is 4.98 Å². The maximum absolute atomic E-state index is 10.5. The van der Waals surface area contributed by atoms with Crippen molar-refractivity contribution in [3.05, 3.63) is 27.9 Å². The van der Waals surface area contributed by atoms with Crippen LogP contribution in [-0.4, -0.2) is 27.6 Å². The van der Waals surface area contributed by atoms with Gasteiger partial charge in [-0.3, -0.25) is 15.0 Å². The maximum atomic E-state index is 10.5. The van der Waals surface area contributed by atoms with Crippen LogP contribution in [0.25, 0.3) is 0 Å². The van der Waals surface area contributed by atoms with Crippen LogP contribution in [0.15, 0.2) is 12.1 Å². The van der Waals surface area contributed by atoms with Crippen LogP contribution in [0.2, 0.25) is 0 Å². The largest absolute Gasteiger partial charge is 0.479 e. The van der Waals surface area contributed by atoms with Crippen molar-refractivity contribution in [2.45, 2.75) is 6.92 Å². The number of nitrogens with zero attached hydrogens (tertiary/aromatic N) is 2. The quantitative estimate of drug-likeness (QED) is 0.562. The van der Waals surface area contributed by atoms with E-state index in [4.69, 9.17) is 5.11 Å². The Morgan fingerprint density at radius 3 is 2.88 bits per heavy atom. The summed E-state index contributed by atoms with van der Waals surface area (Å²) in [6.45, 7) is 0.943. The molecular weight excluding hydrogens is 218 g/mol. The van der Waals surface area contributed by atoms with Crippen LogP contribution in [0.4, 0.5) is 11.5 Å². The Bertz CT molecular complexity index is 420. The van der Waals surface area contributed by atoms with E-state index in [9.17, 15) is 14.9 Å². The number of carboxylic acids is 1.